The Labute approximate surface area is 110 Å². The Hall–Kier alpha value is -1.33. The number of nitrogens with zero attached hydrogens (tertiary/aromatic N) is 2. The van der Waals surface area contributed by atoms with Gasteiger partial charge in [0, 0.05) is 3.57 Å². The lowest BCUT2D eigenvalue weighted by atomic mass is 10.3. The molecule has 82 valence electrons. The summed E-state index contributed by atoms with van der Waals surface area (Å²) in [5, 5.41) is 12.5. The van der Waals surface area contributed by atoms with Crippen LogP contribution < -0.4 is 11.2 Å². The second kappa shape index (κ2) is 5.67. The van der Waals surface area contributed by atoms with Crippen LogP contribution in [0.3, 0.4) is 0 Å². The summed E-state index contributed by atoms with van der Waals surface area (Å²) < 4.78 is 0.965. The molecule has 0 heterocycles. The van der Waals surface area contributed by atoms with Crippen molar-refractivity contribution in [1.82, 2.24) is 0 Å². The third-order valence-electron chi connectivity index (χ3n) is 1.56. The third-order valence-corrected chi connectivity index (χ3v) is 2.54. The quantitative estimate of drug-likeness (QED) is 0.495. The van der Waals surface area contributed by atoms with Gasteiger partial charge in [-0.1, -0.05) is 11.6 Å². The van der Waals surface area contributed by atoms with Crippen molar-refractivity contribution in [2.45, 2.75) is 0 Å². The first kappa shape index (κ1) is 12.7. The first-order valence-corrected chi connectivity index (χ1v) is 5.49. The minimum absolute atomic E-state index is 0.408. The second-order valence-corrected chi connectivity index (χ2v) is 4.33. The molecule has 0 spiro atoms. The summed E-state index contributed by atoms with van der Waals surface area (Å²) in [6, 6.07) is 6.78. The van der Waals surface area contributed by atoms with Crippen LogP contribution in [0, 0.1) is 14.9 Å². The number of hydrazone groups is 1. The van der Waals surface area contributed by atoms with E-state index in [-0.39, 0.29) is 0 Å². The van der Waals surface area contributed by atoms with Crippen LogP contribution in [0.25, 0.3) is 0 Å². The lowest BCUT2D eigenvalue weighted by molar-refractivity contribution is -0.111. The number of amides is 1. The fraction of sp³-hybridized carbons (Fsp3) is 0. The van der Waals surface area contributed by atoms with E-state index >= 15 is 0 Å². The average Bonchev–Trinajstić information content (AvgIpc) is 2.21. The van der Waals surface area contributed by atoms with Crippen LogP contribution in [-0.4, -0.2) is 11.6 Å². The molecule has 1 amide bonds. The Balaban J connectivity index is 2.90. The van der Waals surface area contributed by atoms with Crippen molar-refractivity contribution in [3.8, 4) is 6.07 Å². The van der Waals surface area contributed by atoms with Gasteiger partial charge in [-0.05, 0) is 40.8 Å². The molecule has 3 N–H and O–H groups in total. The minimum Gasteiger partial charge on any atom is -0.364 e. The summed E-state index contributed by atoms with van der Waals surface area (Å²) in [5.41, 5.74) is 7.50. The molecule has 5 nitrogen and oxygen atoms in total. The molecule has 0 aliphatic heterocycles. The fourth-order valence-corrected chi connectivity index (χ4v) is 1.73. The minimum atomic E-state index is -0.892. The number of carbonyl (C=O) groups is 1. The zero-order chi connectivity index (χ0) is 12.1. The van der Waals surface area contributed by atoms with Gasteiger partial charge in [-0.2, -0.15) is 10.4 Å². The van der Waals surface area contributed by atoms with E-state index in [2.05, 4.69) is 33.1 Å². The molecule has 0 aliphatic rings. The van der Waals surface area contributed by atoms with Gasteiger partial charge in [0.15, 0.2) is 0 Å². The summed E-state index contributed by atoms with van der Waals surface area (Å²) in [7, 11) is 0. The van der Waals surface area contributed by atoms with Gasteiger partial charge in [-0.15, -0.1) is 0 Å². The smallest absolute Gasteiger partial charge is 0.280 e. The summed E-state index contributed by atoms with van der Waals surface area (Å²) in [6.07, 6.45) is 0. The van der Waals surface area contributed by atoms with E-state index in [1.54, 1.807) is 24.3 Å². The predicted molar refractivity (Wildman–Crippen MR) is 70.0 cm³/mol. The van der Waals surface area contributed by atoms with E-state index < -0.39 is 11.6 Å². The number of primary amides is 1. The monoisotopic (exact) mass is 348 g/mol. The molecule has 0 unspecified atom stereocenters. The number of hydrogen-bond acceptors (Lipinski definition) is 4. The number of nitrogens with two attached hydrogens (primary N) is 1. The lowest BCUT2D eigenvalue weighted by Crippen LogP contribution is -2.22. The summed E-state index contributed by atoms with van der Waals surface area (Å²) in [5.74, 6) is -0.892. The standard InChI is InChI=1S/C9H6ClIN4O/c10-6-3-5(11)1-2-7(6)14-15-8(4-12)9(13)16/h1-3,14H,(H2,13,16)/b15-8+. The van der Waals surface area contributed by atoms with Crippen molar-refractivity contribution >= 4 is 51.5 Å². The molecule has 1 aromatic rings. The Kier molecular flexibility index (Phi) is 4.52. The number of nitriles is 1. The van der Waals surface area contributed by atoms with Crippen LogP contribution in [-0.2, 0) is 4.79 Å². The average molecular weight is 349 g/mol. The van der Waals surface area contributed by atoms with Gasteiger partial charge < -0.3 is 5.73 Å². The fourth-order valence-electron chi connectivity index (χ4n) is 0.831. The van der Waals surface area contributed by atoms with Crippen molar-refractivity contribution in [2.24, 2.45) is 10.8 Å². The summed E-state index contributed by atoms with van der Waals surface area (Å²) in [4.78, 5) is 10.7. The Morgan fingerprint density at radius 2 is 2.31 bits per heavy atom. The van der Waals surface area contributed by atoms with Crippen LogP contribution in [0.1, 0.15) is 0 Å². The topological polar surface area (TPSA) is 91.3 Å². The van der Waals surface area contributed by atoms with E-state index in [1.807, 2.05) is 0 Å². The second-order valence-electron chi connectivity index (χ2n) is 2.67. The highest BCUT2D eigenvalue weighted by Gasteiger charge is 2.05. The van der Waals surface area contributed by atoms with Crippen molar-refractivity contribution < 1.29 is 4.79 Å². The lowest BCUT2D eigenvalue weighted by Gasteiger charge is -2.03. The SMILES string of the molecule is N#C/C(=N\Nc1ccc(I)cc1Cl)C(N)=O. The number of benzene rings is 1. The van der Waals surface area contributed by atoms with Gasteiger partial charge in [0.25, 0.3) is 5.91 Å². The molecule has 0 fully saturated rings. The van der Waals surface area contributed by atoms with Gasteiger partial charge >= 0.3 is 0 Å². The van der Waals surface area contributed by atoms with Crippen molar-refractivity contribution in [1.29, 1.82) is 5.26 Å². The Bertz CT molecular complexity index is 495. The van der Waals surface area contributed by atoms with Gasteiger partial charge in [0.05, 0.1) is 10.7 Å². The zero-order valence-corrected chi connectivity index (χ0v) is 10.8. The number of rotatable bonds is 3. The van der Waals surface area contributed by atoms with Crippen molar-refractivity contribution in [2.75, 3.05) is 5.43 Å². The molecule has 7 heteroatoms. The molecular weight excluding hydrogens is 342 g/mol. The molecular formula is C9H6ClIN4O. The number of carbonyl (C=O) groups excluding carboxylic acids is 1. The number of nitrogens with one attached hydrogen (secondary N) is 1. The summed E-state index contributed by atoms with van der Waals surface area (Å²) >= 11 is 8.01. The van der Waals surface area contributed by atoms with Gasteiger partial charge in [0.1, 0.15) is 6.07 Å². The number of anilines is 1. The Morgan fingerprint density at radius 3 is 2.81 bits per heavy atom. The van der Waals surface area contributed by atoms with Crippen molar-refractivity contribution in [3.63, 3.8) is 0 Å². The highest BCUT2D eigenvalue weighted by molar-refractivity contribution is 14.1. The van der Waals surface area contributed by atoms with Crippen LogP contribution in [0.5, 0.6) is 0 Å². The number of halogens is 2. The molecule has 0 aliphatic carbocycles. The molecule has 16 heavy (non-hydrogen) atoms. The van der Waals surface area contributed by atoms with Crippen LogP contribution in [0.15, 0.2) is 23.3 Å². The van der Waals surface area contributed by atoms with Crippen LogP contribution >= 0.6 is 34.2 Å². The van der Waals surface area contributed by atoms with Crippen LogP contribution in [0.4, 0.5) is 5.69 Å². The number of hydrogen-bond donors (Lipinski definition) is 2. The van der Waals surface area contributed by atoms with Crippen molar-refractivity contribution in [3.05, 3.63) is 26.8 Å². The molecule has 0 aromatic heterocycles. The highest BCUT2D eigenvalue weighted by atomic mass is 127. The predicted octanol–water partition coefficient (Wildman–Crippen LogP) is 1.72. The Morgan fingerprint density at radius 1 is 1.62 bits per heavy atom. The van der Waals surface area contributed by atoms with E-state index in [0.29, 0.717) is 10.7 Å². The molecule has 0 atom stereocenters. The van der Waals surface area contributed by atoms with E-state index in [9.17, 15) is 4.79 Å². The first-order valence-electron chi connectivity index (χ1n) is 4.03. The molecule has 0 radical (unpaired) electrons. The van der Waals surface area contributed by atoms with E-state index in [1.165, 1.54) is 0 Å². The maximum Gasteiger partial charge on any atom is 0.280 e. The van der Waals surface area contributed by atoms with E-state index in [4.69, 9.17) is 22.6 Å². The van der Waals surface area contributed by atoms with Gasteiger partial charge in [-0.3, -0.25) is 10.2 Å². The van der Waals surface area contributed by atoms with Gasteiger partial charge in [-0.25, -0.2) is 0 Å². The molecule has 1 aromatic carbocycles. The molecule has 0 saturated heterocycles. The maximum absolute atomic E-state index is 10.7. The third kappa shape index (κ3) is 3.36. The molecule has 1 rings (SSSR count). The molecule has 0 saturated carbocycles. The largest absolute Gasteiger partial charge is 0.364 e. The highest BCUT2D eigenvalue weighted by Crippen LogP contribution is 2.23. The summed E-state index contributed by atoms with van der Waals surface area (Å²) in [6.45, 7) is 0. The first-order chi connectivity index (χ1) is 7.54. The maximum atomic E-state index is 10.7. The van der Waals surface area contributed by atoms with Gasteiger partial charge in [0.2, 0.25) is 5.71 Å². The van der Waals surface area contributed by atoms with E-state index in [0.717, 1.165) is 3.57 Å². The zero-order valence-electron chi connectivity index (χ0n) is 7.87. The molecule has 0 bridgehead atoms. The normalized spacial score (nSPS) is 10.7. The van der Waals surface area contributed by atoms with Crippen LogP contribution in [0.2, 0.25) is 5.02 Å².